The number of pyridine rings is 1. The predicted molar refractivity (Wildman–Crippen MR) is 96.7 cm³/mol. The summed E-state index contributed by atoms with van der Waals surface area (Å²) in [6, 6.07) is 5.42. The van der Waals surface area contributed by atoms with Gasteiger partial charge in [-0.2, -0.15) is 0 Å². The highest BCUT2D eigenvalue weighted by Gasteiger charge is 2.21. The number of furan rings is 1. The zero-order valence-electron chi connectivity index (χ0n) is 15.4. The number of carbonyl (C=O) groups is 2. The maximum atomic E-state index is 12.7. The maximum absolute atomic E-state index is 12.7. The first-order valence-electron chi connectivity index (χ1n) is 8.52. The first kappa shape index (κ1) is 19.7. The van der Waals surface area contributed by atoms with Crippen LogP contribution in [0, 0.1) is 13.8 Å². The van der Waals surface area contributed by atoms with Gasteiger partial charge in [0, 0.05) is 45.6 Å². The van der Waals surface area contributed by atoms with Gasteiger partial charge >= 0.3 is 0 Å². The van der Waals surface area contributed by atoms with E-state index in [1.807, 2.05) is 12.1 Å². The average molecular weight is 359 g/mol. The first-order chi connectivity index (χ1) is 12.5. The Labute approximate surface area is 153 Å². The summed E-state index contributed by atoms with van der Waals surface area (Å²) in [6.45, 7) is 5.13. The van der Waals surface area contributed by atoms with Gasteiger partial charge in [-0.15, -0.1) is 0 Å². The number of aromatic nitrogens is 1. The second kappa shape index (κ2) is 9.72. The second-order valence-corrected chi connectivity index (χ2v) is 5.99. The van der Waals surface area contributed by atoms with Crippen molar-refractivity contribution in [3.8, 4) is 0 Å². The van der Waals surface area contributed by atoms with Crippen LogP contribution in [0.2, 0.25) is 0 Å². The molecule has 2 heterocycles. The summed E-state index contributed by atoms with van der Waals surface area (Å²) in [5, 5.41) is 2.85. The third-order valence-electron chi connectivity index (χ3n) is 3.97. The van der Waals surface area contributed by atoms with Crippen LogP contribution >= 0.6 is 0 Å². The third-order valence-corrected chi connectivity index (χ3v) is 3.97. The Balaban J connectivity index is 1.91. The molecule has 26 heavy (non-hydrogen) atoms. The van der Waals surface area contributed by atoms with Gasteiger partial charge in [0.1, 0.15) is 11.5 Å². The lowest BCUT2D eigenvalue weighted by Crippen LogP contribution is -2.37. The van der Waals surface area contributed by atoms with Gasteiger partial charge in [0.05, 0.1) is 12.2 Å². The zero-order chi connectivity index (χ0) is 18.9. The van der Waals surface area contributed by atoms with Gasteiger partial charge in [0.2, 0.25) is 5.91 Å². The summed E-state index contributed by atoms with van der Waals surface area (Å²) in [7, 11) is 1.58. The highest BCUT2D eigenvalue weighted by molar-refractivity contribution is 5.95. The number of hydrogen-bond acceptors (Lipinski definition) is 5. The normalized spacial score (nSPS) is 10.6. The lowest BCUT2D eigenvalue weighted by atomic mass is 10.2. The van der Waals surface area contributed by atoms with E-state index in [1.54, 1.807) is 44.3 Å². The molecule has 2 rings (SSSR count). The Kier molecular flexibility index (Phi) is 7.35. The van der Waals surface area contributed by atoms with Gasteiger partial charge < -0.3 is 19.4 Å². The second-order valence-electron chi connectivity index (χ2n) is 5.99. The standard InChI is InChI=1S/C19H25N3O4/c1-14-12-17(15(2)26-14)19(24)22(10-11-25-3)9-6-18(23)21-13-16-4-7-20-8-5-16/h4-5,7-8,12H,6,9-11,13H2,1-3H3,(H,21,23). The van der Waals surface area contributed by atoms with Gasteiger partial charge in [-0.25, -0.2) is 0 Å². The maximum Gasteiger partial charge on any atom is 0.257 e. The summed E-state index contributed by atoms with van der Waals surface area (Å²) in [4.78, 5) is 30.4. The number of nitrogens with zero attached hydrogens (tertiary/aromatic N) is 2. The van der Waals surface area contributed by atoms with Crippen molar-refractivity contribution in [2.24, 2.45) is 0 Å². The van der Waals surface area contributed by atoms with E-state index in [0.717, 1.165) is 5.56 Å². The molecule has 7 nitrogen and oxygen atoms in total. The Bertz CT molecular complexity index is 728. The molecular formula is C19H25N3O4. The van der Waals surface area contributed by atoms with Crippen molar-refractivity contribution in [3.63, 3.8) is 0 Å². The fourth-order valence-electron chi connectivity index (χ4n) is 2.56. The lowest BCUT2D eigenvalue weighted by Gasteiger charge is -2.22. The van der Waals surface area contributed by atoms with Crippen LogP contribution in [0.15, 0.2) is 35.0 Å². The van der Waals surface area contributed by atoms with Crippen molar-refractivity contribution < 1.29 is 18.7 Å². The SMILES string of the molecule is COCCN(CCC(=O)NCc1ccncc1)C(=O)c1cc(C)oc1C. The molecular weight excluding hydrogens is 334 g/mol. The van der Waals surface area contributed by atoms with Gasteiger partial charge in [-0.3, -0.25) is 14.6 Å². The van der Waals surface area contributed by atoms with E-state index in [-0.39, 0.29) is 18.2 Å². The van der Waals surface area contributed by atoms with Crippen LogP contribution in [0.4, 0.5) is 0 Å². The van der Waals surface area contributed by atoms with Gasteiger partial charge in [0.15, 0.2) is 0 Å². The van der Waals surface area contributed by atoms with Crippen molar-refractivity contribution in [2.45, 2.75) is 26.8 Å². The quantitative estimate of drug-likeness (QED) is 0.741. The summed E-state index contributed by atoms with van der Waals surface area (Å²) >= 11 is 0. The molecule has 0 radical (unpaired) electrons. The topological polar surface area (TPSA) is 84.7 Å². The number of methoxy groups -OCH3 is 1. The first-order valence-corrected chi connectivity index (χ1v) is 8.52. The molecule has 0 aliphatic carbocycles. The van der Waals surface area contributed by atoms with Crippen LogP contribution in [0.5, 0.6) is 0 Å². The molecule has 0 aliphatic heterocycles. The van der Waals surface area contributed by atoms with Crippen LogP contribution in [0.25, 0.3) is 0 Å². The monoisotopic (exact) mass is 359 g/mol. The molecule has 0 bridgehead atoms. The molecule has 1 N–H and O–H groups in total. The number of rotatable bonds is 9. The van der Waals surface area contributed by atoms with Crippen molar-refractivity contribution >= 4 is 11.8 Å². The number of aryl methyl sites for hydroxylation is 2. The lowest BCUT2D eigenvalue weighted by molar-refractivity contribution is -0.121. The summed E-state index contributed by atoms with van der Waals surface area (Å²) in [5.74, 6) is 1.00. The van der Waals surface area contributed by atoms with Crippen molar-refractivity contribution in [1.82, 2.24) is 15.2 Å². The molecule has 0 aromatic carbocycles. The summed E-state index contributed by atoms with van der Waals surface area (Å²) in [5.41, 5.74) is 1.50. The number of amides is 2. The molecule has 140 valence electrons. The smallest absolute Gasteiger partial charge is 0.257 e. The Morgan fingerprint density at radius 1 is 1.23 bits per heavy atom. The molecule has 2 aromatic heterocycles. The van der Waals surface area contributed by atoms with Crippen molar-refractivity contribution in [1.29, 1.82) is 0 Å². The Morgan fingerprint density at radius 3 is 2.58 bits per heavy atom. The fraction of sp³-hybridized carbons (Fsp3) is 0.421. The number of carbonyl (C=O) groups excluding carboxylic acids is 2. The molecule has 0 spiro atoms. The number of ether oxygens (including phenoxy) is 1. The Hall–Kier alpha value is -2.67. The minimum Gasteiger partial charge on any atom is -0.466 e. The van der Waals surface area contributed by atoms with Crippen LogP contribution in [0.1, 0.15) is 33.9 Å². The molecule has 7 heteroatoms. The molecule has 0 fully saturated rings. The van der Waals surface area contributed by atoms with E-state index < -0.39 is 0 Å². The zero-order valence-corrected chi connectivity index (χ0v) is 15.4. The van der Waals surface area contributed by atoms with E-state index >= 15 is 0 Å². The minimum absolute atomic E-state index is 0.114. The molecule has 0 unspecified atom stereocenters. The van der Waals surface area contributed by atoms with Crippen molar-refractivity contribution in [3.05, 3.63) is 53.2 Å². The van der Waals surface area contributed by atoms with Gasteiger partial charge in [-0.05, 0) is 37.6 Å². The molecule has 0 saturated carbocycles. The summed E-state index contributed by atoms with van der Waals surface area (Å²) < 4.78 is 10.5. The minimum atomic E-state index is -0.154. The molecule has 0 aliphatic rings. The van der Waals surface area contributed by atoms with E-state index in [2.05, 4.69) is 10.3 Å². The van der Waals surface area contributed by atoms with Gasteiger partial charge in [-0.1, -0.05) is 0 Å². The largest absolute Gasteiger partial charge is 0.466 e. The van der Waals surface area contributed by atoms with E-state index in [0.29, 0.717) is 43.3 Å². The average Bonchev–Trinajstić information content (AvgIpc) is 2.98. The van der Waals surface area contributed by atoms with Crippen LogP contribution < -0.4 is 5.32 Å². The number of nitrogens with one attached hydrogen (secondary N) is 1. The number of hydrogen-bond donors (Lipinski definition) is 1. The molecule has 2 aromatic rings. The van der Waals surface area contributed by atoms with Crippen LogP contribution in [-0.2, 0) is 16.1 Å². The Morgan fingerprint density at radius 2 is 1.96 bits per heavy atom. The van der Waals surface area contributed by atoms with Crippen molar-refractivity contribution in [2.75, 3.05) is 26.8 Å². The van der Waals surface area contributed by atoms with E-state index in [1.165, 1.54) is 0 Å². The third kappa shape index (κ3) is 5.70. The van der Waals surface area contributed by atoms with Crippen LogP contribution in [0.3, 0.4) is 0 Å². The molecule has 0 atom stereocenters. The van der Waals surface area contributed by atoms with E-state index in [4.69, 9.17) is 9.15 Å². The van der Waals surface area contributed by atoms with Gasteiger partial charge in [0.25, 0.3) is 5.91 Å². The van der Waals surface area contributed by atoms with Crippen LogP contribution in [-0.4, -0.2) is 48.5 Å². The van der Waals surface area contributed by atoms with E-state index in [9.17, 15) is 9.59 Å². The fourth-order valence-corrected chi connectivity index (χ4v) is 2.56. The molecule has 0 saturated heterocycles. The highest BCUT2D eigenvalue weighted by atomic mass is 16.5. The predicted octanol–water partition coefficient (Wildman–Crippen LogP) is 2.09. The molecule has 2 amide bonds. The highest BCUT2D eigenvalue weighted by Crippen LogP contribution is 2.16. The summed E-state index contributed by atoms with van der Waals surface area (Å²) in [6.07, 6.45) is 3.58.